The molecule has 2 heterocycles. The van der Waals surface area contributed by atoms with E-state index in [4.69, 9.17) is 0 Å². The van der Waals surface area contributed by atoms with Crippen molar-refractivity contribution in [2.45, 2.75) is 61.6 Å². The second-order valence-corrected chi connectivity index (χ2v) is 9.53. The lowest BCUT2D eigenvalue weighted by Gasteiger charge is -2.20. The van der Waals surface area contributed by atoms with Gasteiger partial charge >= 0.3 is 6.03 Å². The number of anilines is 2. The van der Waals surface area contributed by atoms with Crippen LogP contribution in [0.3, 0.4) is 0 Å². The van der Waals surface area contributed by atoms with E-state index in [2.05, 4.69) is 15.6 Å². The van der Waals surface area contributed by atoms with Gasteiger partial charge in [-0.25, -0.2) is 9.78 Å². The van der Waals surface area contributed by atoms with Crippen LogP contribution in [-0.2, 0) is 0 Å². The van der Waals surface area contributed by atoms with Gasteiger partial charge in [-0.3, -0.25) is 4.79 Å². The van der Waals surface area contributed by atoms with Crippen LogP contribution in [0.4, 0.5) is 16.2 Å². The van der Waals surface area contributed by atoms with Crippen LogP contribution >= 0.6 is 11.8 Å². The minimum absolute atomic E-state index is 0.0531. The third kappa shape index (κ3) is 6.00. The summed E-state index contributed by atoms with van der Waals surface area (Å²) >= 11 is 1.72. The summed E-state index contributed by atoms with van der Waals surface area (Å²) < 4.78 is 0. The molecule has 1 saturated heterocycles. The molecule has 1 aliphatic heterocycles. The number of urea groups is 1. The third-order valence-corrected chi connectivity index (χ3v) is 7.24. The van der Waals surface area contributed by atoms with Gasteiger partial charge in [0.1, 0.15) is 5.03 Å². The summed E-state index contributed by atoms with van der Waals surface area (Å²) in [5.74, 6) is -0.157. The Labute approximate surface area is 188 Å². The van der Waals surface area contributed by atoms with Crippen LogP contribution in [-0.4, -0.2) is 40.2 Å². The van der Waals surface area contributed by atoms with Gasteiger partial charge in [-0.05, 0) is 62.1 Å². The van der Waals surface area contributed by atoms with Crippen molar-refractivity contribution in [3.05, 3.63) is 48.2 Å². The average molecular weight is 439 g/mol. The van der Waals surface area contributed by atoms with Gasteiger partial charge in [0, 0.05) is 35.9 Å². The minimum Gasteiger partial charge on any atom is -0.325 e. The molecule has 2 aliphatic rings. The van der Waals surface area contributed by atoms with Crippen LogP contribution in [0.5, 0.6) is 0 Å². The molecule has 1 aromatic heterocycles. The summed E-state index contributed by atoms with van der Waals surface area (Å²) in [6.45, 7) is 1.62. The second-order valence-electron chi connectivity index (χ2n) is 8.24. The number of thioether (sulfide) groups is 1. The van der Waals surface area contributed by atoms with Crippen LogP contribution in [0.25, 0.3) is 0 Å². The molecule has 0 unspecified atom stereocenters. The third-order valence-electron chi connectivity index (χ3n) is 5.88. The Balaban J connectivity index is 1.35. The Hall–Kier alpha value is -2.54. The predicted octanol–water partition coefficient (Wildman–Crippen LogP) is 5.78. The number of nitrogens with one attached hydrogen (secondary N) is 2. The second kappa shape index (κ2) is 10.7. The van der Waals surface area contributed by atoms with Gasteiger partial charge < -0.3 is 15.5 Å². The zero-order valence-corrected chi connectivity index (χ0v) is 18.6. The largest absolute Gasteiger partial charge is 0.325 e. The van der Waals surface area contributed by atoms with Gasteiger partial charge in [0.25, 0.3) is 5.91 Å². The summed E-state index contributed by atoms with van der Waals surface area (Å²) in [6, 6.07) is 10.9. The molecule has 1 aliphatic carbocycles. The molecule has 2 aromatic rings. The first-order valence-electron chi connectivity index (χ1n) is 11.3. The van der Waals surface area contributed by atoms with Crippen LogP contribution in [0.1, 0.15) is 61.7 Å². The number of hydrogen-bond donors (Lipinski definition) is 2. The number of rotatable bonds is 5. The molecule has 31 heavy (non-hydrogen) atoms. The molecular weight excluding hydrogens is 408 g/mol. The Morgan fingerprint density at radius 2 is 1.52 bits per heavy atom. The SMILES string of the molecule is O=C(Nc1ccc(NC(=O)N2CCCCCC2)cc1)c1cccnc1SC1CCCC1. The Bertz CT molecular complexity index is 889. The highest BCUT2D eigenvalue weighted by Gasteiger charge is 2.21. The molecule has 0 bridgehead atoms. The Morgan fingerprint density at radius 3 is 2.19 bits per heavy atom. The first-order chi connectivity index (χ1) is 15.2. The van der Waals surface area contributed by atoms with E-state index in [-0.39, 0.29) is 11.9 Å². The topological polar surface area (TPSA) is 74.3 Å². The van der Waals surface area contributed by atoms with Crippen molar-refractivity contribution < 1.29 is 9.59 Å². The standard InChI is InChI=1S/C24H30N4O2S/c29-22(21-10-7-15-25-23(21)31-20-8-3-4-9-20)26-18-11-13-19(14-12-18)27-24(30)28-16-5-1-2-6-17-28/h7,10-15,20H,1-6,8-9,16-17H2,(H,26,29)(H,27,30). The van der Waals surface area contributed by atoms with E-state index >= 15 is 0 Å². The van der Waals surface area contributed by atoms with Gasteiger partial charge in [-0.1, -0.05) is 25.7 Å². The molecule has 3 amide bonds. The molecule has 164 valence electrons. The van der Waals surface area contributed by atoms with Crippen molar-refractivity contribution in [3.8, 4) is 0 Å². The number of carbonyl (C=O) groups excluding carboxylic acids is 2. The molecule has 7 heteroatoms. The van der Waals surface area contributed by atoms with E-state index in [0.717, 1.165) is 36.6 Å². The normalized spacial score (nSPS) is 17.2. The number of amides is 3. The smallest absolute Gasteiger partial charge is 0.321 e. The number of benzene rings is 1. The highest BCUT2D eigenvalue weighted by Crippen LogP contribution is 2.35. The van der Waals surface area contributed by atoms with E-state index in [1.807, 2.05) is 35.2 Å². The van der Waals surface area contributed by atoms with Gasteiger partial charge in [-0.2, -0.15) is 0 Å². The maximum absolute atomic E-state index is 12.9. The number of aromatic nitrogens is 1. The maximum Gasteiger partial charge on any atom is 0.321 e. The minimum atomic E-state index is -0.157. The van der Waals surface area contributed by atoms with Crippen LogP contribution in [0, 0.1) is 0 Å². The van der Waals surface area contributed by atoms with Crippen molar-refractivity contribution in [3.63, 3.8) is 0 Å². The quantitative estimate of drug-likeness (QED) is 0.621. The number of hydrogen-bond acceptors (Lipinski definition) is 4. The summed E-state index contributed by atoms with van der Waals surface area (Å²) in [5, 5.41) is 7.27. The van der Waals surface area contributed by atoms with Crippen molar-refractivity contribution in [1.82, 2.24) is 9.88 Å². The zero-order valence-electron chi connectivity index (χ0n) is 17.8. The molecular formula is C24H30N4O2S. The van der Waals surface area contributed by atoms with Gasteiger partial charge in [-0.15, -0.1) is 11.8 Å². The molecule has 2 fully saturated rings. The average Bonchev–Trinajstić information content (AvgIpc) is 3.14. The fourth-order valence-electron chi connectivity index (χ4n) is 4.13. The number of carbonyl (C=O) groups is 2. The predicted molar refractivity (Wildman–Crippen MR) is 126 cm³/mol. The van der Waals surface area contributed by atoms with Crippen LogP contribution < -0.4 is 10.6 Å². The van der Waals surface area contributed by atoms with Crippen LogP contribution in [0.15, 0.2) is 47.6 Å². The highest BCUT2D eigenvalue weighted by atomic mass is 32.2. The molecule has 0 radical (unpaired) electrons. The van der Waals surface area contributed by atoms with Gasteiger partial charge in [0.05, 0.1) is 5.56 Å². The summed E-state index contributed by atoms with van der Waals surface area (Å²) in [7, 11) is 0. The lowest BCUT2D eigenvalue weighted by Crippen LogP contribution is -2.35. The molecule has 2 N–H and O–H groups in total. The first-order valence-corrected chi connectivity index (χ1v) is 12.2. The molecule has 0 atom stereocenters. The van der Waals surface area contributed by atoms with Crippen molar-refractivity contribution in [1.29, 1.82) is 0 Å². The molecule has 4 rings (SSSR count). The maximum atomic E-state index is 12.9. The summed E-state index contributed by atoms with van der Waals surface area (Å²) in [4.78, 5) is 31.7. The highest BCUT2D eigenvalue weighted by molar-refractivity contribution is 7.99. The van der Waals surface area contributed by atoms with Crippen molar-refractivity contribution in [2.75, 3.05) is 23.7 Å². The zero-order chi connectivity index (χ0) is 21.5. The number of pyridine rings is 1. The Morgan fingerprint density at radius 1 is 0.871 bits per heavy atom. The van der Waals surface area contributed by atoms with E-state index in [1.54, 1.807) is 24.0 Å². The van der Waals surface area contributed by atoms with Crippen molar-refractivity contribution >= 4 is 35.1 Å². The summed E-state index contributed by atoms with van der Waals surface area (Å²) in [6.07, 6.45) is 11.1. The van der Waals surface area contributed by atoms with Crippen LogP contribution in [0.2, 0.25) is 0 Å². The molecule has 6 nitrogen and oxygen atoms in total. The van der Waals surface area contributed by atoms with E-state index in [1.165, 1.54) is 38.5 Å². The molecule has 1 aromatic carbocycles. The molecule has 1 saturated carbocycles. The van der Waals surface area contributed by atoms with E-state index in [0.29, 0.717) is 16.5 Å². The number of nitrogens with zero attached hydrogens (tertiary/aromatic N) is 2. The fourth-order valence-corrected chi connectivity index (χ4v) is 5.43. The number of likely N-dealkylation sites (tertiary alicyclic amines) is 1. The fraction of sp³-hybridized carbons (Fsp3) is 0.458. The van der Waals surface area contributed by atoms with E-state index in [9.17, 15) is 9.59 Å². The molecule has 0 spiro atoms. The lowest BCUT2D eigenvalue weighted by molar-refractivity contribution is 0.102. The monoisotopic (exact) mass is 438 g/mol. The Kier molecular flexibility index (Phi) is 7.46. The lowest BCUT2D eigenvalue weighted by atomic mass is 10.2. The first kappa shape index (κ1) is 21.7. The van der Waals surface area contributed by atoms with Crippen molar-refractivity contribution in [2.24, 2.45) is 0 Å². The van der Waals surface area contributed by atoms with Gasteiger partial charge in [0.15, 0.2) is 0 Å². The van der Waals surface area contributed by atoms with Gasteiger partial charge in [0.2, 0.25) is 0 Å². The van der Waals surface area contributed by atoms with E-state index < -0.39 is 0 Å². The summed E-state index contributed by atoms with van der Waals surface area (Å²) in [5.41, 5.74) is 2.03.